The van der Waals surface area contributed by atoms with Crippen LogP contribution >= 0.6 is 11.3 Å². The maximum Gasteiger partial charge on any atom is 0.259 e. The zero-order valence-electron chi connectivity index (χ0n) is 16.7. The lowest BCUT2D eigenvalue weighted by atomic mass is 9.89. The van der Waals surface area contributed by atoms with Crippen LogP contribution in [0.3, 0.4) is 0 Å². The van der Waals surface area contributed by atoms with Crippen molar-refractivity contribution in [1.29, 1.82) is 0 Å². The molecule has 1 aliphatic carbocycles. The van der Waals surface area contributed by atoms with Crippen molar-refractivity contribution in [1.82, 2.24) is 14.9 Å². The number of aromatic nitrogens is 2. The normalized spacial score (nSPS) is 18.4. The van der Waals surface area contributed by atoms with Crippen molar-refractivity contribution < 1.29 is 9.84 Å². The minimum atomic E-state index is -0.557. The van der Waals surface area contributed by atoms with E-state index in [-0.39, 0.29) is 11.6 Å². The predicted molar refractivity (Wildman–Crippen MR) is 109 cm³/mol. The van der Waals surface area contributed by atoms with Crippen LogP contribution < -0.4 is 5.56 Å². The fraction of sp³-hybridized carbons (Fsp3) is 0.700. The molecule has 150 valence electrons. The van der Waals surface area contributed by atoms with Gasteiger partial charge in [0.2, 0.25) is 0 Å². The second kappa shape index (κ2) is 8.82. The summed E-state index contributed by atoms with van der Waals surface area (Å²) in [6.45, 7) is 10.2. The zero-order chi connectivity index (χ0) is 19.6. The molecule has 2 aromatic rings. The van der Waals surface area contributed by atoms with Gasteiger partial charge in [-0.1, -0.05) is 6.92 Å². The van der Waals surface area contributed by atoms with E-state index in [0.29, 0.717) is 38.0 Å². The number of rotatable bonds is 8. The van der Waals surface area contributed by atoms with Gasteiger partial charge < -0.3 is 14.8 Å². The molecular formula is C20H31N3O3S. The van der Waals surface area contributed by atoms with E-state index in [1.807, 2.05) is 6.92 Å². The second-order valence-corrected chi connectivity index (χ2v) is 8.96. The van der Waals surface area contributed by atoms with Gasteiger partial charge in [0, 0.05) is 24.1 Å². The first-order valence-corrected chi connectivity index (χ1v) is 10.7. The molecule has 0 saturated carbocycles. The lowest BCUT2D eigenvalue weighted by Gasteiger charge is -2.28. The molecule has 7 heteroatoms. The average Bonchev–Trinajstić information content (AvgIpc) is 2.96. The van der Waals surface area contributed by atoms with E-state index < -0.39 is 6.10 Å². The van der Waals surface area contributed by atoms with Gasteiger partial charge in [-0.2, -0.15) is 0 Å². The highest BCUT2D eigenvalue weighted by atomic mass is 32.1. The molecule has 0 saturated heterocycles. The van der Waals surface area contributed by atoms with E-state index in [1.165, 1.54) is 10.4 Å². The Morgan fingerprint density at radius 2 is 2.22 bits per heavy atom. The number of H-pyrrole nitrogens is 1. The van der Waals surface area contributed by atoms with E-state index in [9.17, 15) is 9.90 Å². The molecule has 0 bridgehead atoms. The van der Waals surface area contributed by atoms with Crippen molar-refractivity contribution in [2.24, 2.45) is 5.92 Å². The van der Waals surface area contributed by atoms with Crippen LogP contribution in [0, 0.1) is 5.92 Å². The molecule has 2 heterocycles. The van der Waals surface area contributed by atoms with Crippen molar-refractivity contribution in [3.63, 3.8) is 0 Å². The van der Waals surface area contributed by atoms with Crippen LogP contribution in [-0.4, -0.2) is 51.9 Å². The Labute approximate surface area is 164 Å². The van der Waals surface area contributed by atoms with Gasteiger partial charge in [0.15, 0.2) is 0 Å². The van der Waals surface area contributed by atoms with Crippen LogP contribution in [-0.2, 0) is 24.1 Å². The first-order chi connectivity index (χ1) is 12.9. The highest BCUT2D eigenvalue weighted by Gasteiger charge is 2.24. The van der Waals surface area contributed by atoms with E-state index in [4.69, 9.17) is 9.72 Å². The summed E-state index contributed by atoms with van der Waals surface area (Å²) in [6.07, 6.45) is 2.60. The van der Waals surface area contributed by atoms with E-state index in [0.717, 1.165) is 29.5 Å². The molecule has 2 N–H and O–H groups in total. The molecule has 0 aromatic carbocycles. The van der Waals surface area contributed by atoms with Gasteiger partial charge in [-0.05, 0) is 51.5 Å². The molecule has 0 radical (unpaired) electrons. The number of ether oxygens (including phenoxy) is 1. The van der Waals surface area contributed by atoms with Crippen molar-refractivity contribution in [3.8, 4) is 0 Å². The number of hydrogen-bond donors (Lipinski definition) is 2. The maximum atomic E-state index is 12.8. The van der Waals surface area contributed by atoms with Crippen LogP contribution in [0.15, 0.2) is 4.79 Å². The third-order valence-corrected chi connectivity index (χ3v) is 6.41. The Kier molecular flexibility index (Phi) is 6.68. The Hall–Kier alpha value is -1.28. The predicted octanol–water partition coefficient (Wildman–Crippen LogP) is 2.72. The molecule has 0 fully saturated rings. The van der Waals surface area contributed by atoms with Crippen molar-refractivity contribution in [3.05, 3.63) is 26.6 Å². The summed E-state index contributed by atoms with van der Waals surface area (Å²) in [5.41, 5.74) is 1.18. The Morgan fingerprint density at radius 1 is 1.44 bits per heavy atom. The van der Waals surface area contributed by atoms with Crippen LogP contribution in [0.2, 0.25) is 0 Å². The molecule has 2 aromatic heterocycles. The summed E-state index contributed by atoms with van der Waals surface area (Å²) in [5.74, 6) is 1.34. The first-order valence-electron chi connectivity index (χ1n) is 9.92. The lowest BCUT2D eigenvalue weighted by Crippen LogP contribution is -2.39. The third-order valence-electron chi connectivity index (χ3n) is 5.26. The summed E-state index contributed by atoms with van der Waals surface area (Å²) in [6, 6.07) is 0.222. The second-order valence-electron chi connectivity index (χ2n) is 7.88. The van der Waals surface area contributed by atoms with Gasteiger partial charge in [-0.25, -0.2) is 4.98 Å². The van der Waals surface area contributed by atoms with Crippen molar-refractivity contribution in [2.75, 3.05) is 19.8 Å². The molecule has 0 unspecified atom stereocenters. The number of nitrogens with zero attached hydrogens (tertiary/aromatic N) is 2. The van der Waals surface area contributed by atoms with Crippen LogP contribution in [0.25, 0.3) is 10.2 Å². The van der Waals surface area contributed by atoms with Gasteiger partial charge in [0.05, 0.1) is 24.6 Å². The molecule has 27 heavy (non-hydrogen) atoms. The fourth-order valence-electron chi connectivity index (χ4n) is 3.70. The van der Waals surface area contributed by atoms with Gasteiger partial charge in [0.1, 0.15) is 10.7 Å². The van der Waals surface area contributed by atoms with Gasteiger partial charge >= 0.3 is 0 Å². The van der Waals surface area contributed by atoms with E-state index in [2.05, 4.69) is 30.7 Å². The molecule has 2 atom stereocenters. The fourth-order valence-corrected chi connectivity index (χ4v) is 5.10. The highest BCUT2D eigenvalue weighted by molar-refractivity contribution is 7.18. The average molecular weight is 394 g/mol. The van der Waals surface area contributed by atoms with E-state index in [1.54, 1.807) is 11.3 Å². The molecular weight excluding hydrogens is 362 g/mol. The summed E-state index contributed by atoms with van der Waals surface area (Å²) in [7, 11) is 0. The number of aryl methyl sites for hydroxylation is 1. The number of fused-ring (bicyclic) bond motifs is 3. The number of thiophene rings is 1. The molecule has 0 amide bonds. The Balaban J connectivity index is 1.82. The first kappa shape index (κ1) is 20.5. The Bertz CT molecular complexity index is 830. The third kappa shape index (κ3) is 4.77. The minimum absolute atomic E-state index is 0.0272. The van der Waals surface area contributed by atoms with Crippen molar-refractivity contribution >= 4 is 21.6 Å². The van der Waals surface area contributed by atoms with Crippen LogP contribution in [0.1, 0.15) is 50.4 Å². The minimum Gasteiger partial charge on any atom is -0.389 e. The summed E-state index contributed by atoms with van der Waals surface area (Å²) >= 11 is 1.67. The summed E-state index contributed by atoms with van der Waals surface area (Å²) in [4.78, 5) is 24.8. The Morgan fingerprint density at radius 3 is 2.93 bits per heavy atom. The van der Waals surface area contributed by atoms with Gasteiger partial charge in [-0.3, -0.25) is 9.69 Å². The molecule has 0 spiro atoms. The van der Waals surface area contributed by atoms with Crippen molar-refractivity contribution in [2.45, 2.75) is 65.6 Å². The van der Waals surface area contributed by atoms with E-state index >= 15 is 0 Å². The van der Waals surface area contributed by atoms with Gasteiger partial charge in [0.25, 0.3) is 5.56 Å². The lowest BCUT2D eigenvalue weighted by molar-refractivity contribution is 0.0127. The summed E-state index contributed by atoms with van der Waals surface area (Å²) < 4.78 is 5.31. The van der Waals surface area contributed by atoms with Crippen LogP contribution in [0.5, 0.6) is 0 Å². The zero-order valence-corrected chi connectivity index (χ0v) is 17.6. The summed E-state index contributed by atoms with van der Waals surface area (Å²) in [5, 5.41) is 11.0. The number of aliphatic hydroxyl groups is 1. The van der Waals surface area contributed by atoms with Gasteiger partial charge in [-0.15, -0.1) is 11.3 Å². The van der Waals surface area contributed by atoms with Crippen LogP contribution in [0.4, 0.5) is 0 Å². The number of nitrogens with one attached hydrogen (secondary N) is 1. The highest BCUT2D eigenvalue weighted by Crippen LogP contribution is 2.35. The smallest absolute Gasteiger partial charge is 0.259 e. The number of aromatic amines is 1. The quantitative estimate of drug-likeness (QED) is 0.721. The standard InChI is InChI=1S/C20H31N3O3S/c1-5-26-11-14(24)9-23(12(2)3)10-17-21-19(25)18-15-7-6-13(4)8-16(15)27-20(18)22-17/h12-14,24H,5-11H2,1-4H3,(H,21,22,25)/t13-,14-/m0/s1. The molecule has 0 aliphatic heterocycles. The topological polar surface area (TPSA) is 78.5 Å². The largest absolute Gasteiger partial charge is 0.389 e. The number of hydrogen-bond acceptors (Lipinski definition) is 6. The molecule has 3 rings (SSSR count). The number of aliphatic hydroxyl groups excluding tert-OH is 1. The molecule has 1 aliphatic rings. The monoisotopic (exact) mass is 393 g/mol. The SMILES string of the molecule is CCOC[C@@H](O)CN(Cc1nc2sc3c(c2c(=O)[nH]1)CC[C@H](C)C3)C(C)C. The maximum absolute atomic E-state index is 12.8. The molecule has 6 nitrogen and oxygen atoms in total.